The summed E-state index contributed by atoms with van der Waals surface area (Å²) in [4.78, 5) is 23.2. The molecular formula is C25H19ClIN3O5. The summed E-state index contributed by atoms with van der Waals surface area (Å²) in [5.74, 6) is 0.301. The first kappa shape index (κ1) is 26.0. The second-order valence-corrected chi connectivity index (χ2v) is 8.71. The van der Waals surface area contributed by atoms with Crippen molar-refractivity contribution in [2.24, 2.45) is 0 Å². The van der Waals surface area contributed by atoms with Crippen molar-refractivity contribution < 1.29 is 19.2 Å². The number of non-ortho nitro benzene ring substituents is 1. The van der Waals surface area contributed by atoms with E-state index < -0.39 is 10.8 Å². The van der Waals surface area contributed by atoms with Gasteiger partial charge in [-0.3, -0.25) is 14.9 Å². The molecule has 0 aliphatic heterocycles. The summed E-state index contributed by atoms with van der Waals surface area (Å²) in [6, 6.07) is 18.1. The third-order valence-corrected chi connectivity index (χ3v) is 5.63. The lowest BCUT2D eigenvalue weighted by molar-refractivity contribution is -0.384. The number of halogens is 2. The van der Waals surface area contributed by atoms with E-state index in [1.165, 1.54) is 18.2 Å². The van der Waals surface area contributed by atoms with E-state index >= 15 is 0 Å². The minimum atomic E-state index is -0.575. The number of nitrogens with one attached hydrogen (secondary N) is 1. The minimum Gasteiger partial charge on any atom is -0.490 e. The predicted molar refractivity (Wildman–Crippen MR) is 141 cm³/mol. The van der Waals surface area contributed by atoms with Gasteiger partial charge in [-0.25, -0.2) is 0 Å². The molecule has 0 bridgehead atoms. The molecule has 0 saturated heterocycles. The van der Waals surface area contributed by atoms with Crippen LogP contribution in [0, 0.1) is 25.0 Å². The lowest BCUT2D eigenvalue weighted by Crippen LogP contribution is -2.13. The van der Waals surface area contributed by atoms with E-state index in [1.54, 1.807) is 48.5 Å². The molecule has 1 amide bonds. The van der Waals surface area contributed by atoms with Crippen LogP contribution in [-0.4, -0.2) is 17.4 Å². The predicted octanol–water partition coefficient (Wildman–Crippen LogP) is 6.38. The lowest BCUT2D eigenvalue weighted by atomic mass is 10.1. The van der Waals surface area contributed by atoms with Crippen LogP contribution in [0.5, 0.6) is 11.5 Å². The Morgan fingerprint density at radius 1 is 1.20 bits per heavy atom. The van der Waals surface area contributed by atoms with E-state index in [4.69, 9.17) is 21.1 Å². The summed E-state index contributed by atoms with van der Waals surface area (Å²) >= 11 is 8.02. The van der Waals surface area contributed by atoms with E-state index in [0.717, 1.165) is 0 Å². The Labute approximate surface area is 220 Å². The quantitative estimate of drug-likeness (QED) is 0.0999. The molecule has 0 heterocycles. The second-order valence-electron chi connectivity index (χ2n) is 7.11. The van der Waals surface area contributed by atoms with Gasteiger partial charge in [0, 0.05) is 22.8 Å². The molecule has 0 spiro atoms. The highest BCUT2D eigenvalue weighted by molar-refractivity contribution is 14.1. The molecule has 3 aromatic rings. The first-order chi connectivity index (χ1) is 16.8. The number of carbonyl (C=O) groups excluding carboxylic acids is 1. The van der Waals surface area contributed by atoms with Crippen LogP contribution in [0.3, 0.4) is 0 Å². The summed E-state index contributed by atoms with van der Waals surface area (Å²) in [6.07, 6.45) is 1.45. The molecule has 10 heteroatoms. The number of nitrogens with zero attached hydrogens (tertiary/aromatic N) is 2. The monoisotopic (exact) mass is 603 g/mol. The zero-order valence-electron chi connectivity index (χ0n) is 18.5. The van der Waals surface area contributed by atoms with Gasteiger partial charge in [-0.05, 0) is 77.0 Å². The average molecular weight is 604 g/mol. The first-order valence-electron chi connectivity index (χ1n) is 10.3. The van der Waals surface area contributed by atoms with Crippen molar-refractivity contribution in [3.05, 3.63) is 96.1 Å². The number of benzene rings is 3. The maximum atomic E-state index is 12.6. The van der Waals surface area contributed by atoms with E-state index in [-0.39, 0.29) is 17.9 Å². The fourth-order valence-electron chi connectivity index (χ4n) is 3.07. The van der Waals surface area contributed by atoms with E-state index in [2.05, 4.69) is 27.9 Å². The molecule has 0 aliphatic carbocycles. The van der Waals surface area contributed by atoms with Crippen LogP contribution in [0.15, 0.2) is 66.2 Å². The molecule has 3 rings (SSSR count). The molecular weight excluding hydrogens is 585 g/mol. The molecule has 0 radical (unpaired) electrons. The maximum absolute atomic E-state index is 12.6. The summed E-state index contributed by atoms with van der Waals surface area (Å²) in [5, 5.41) is 23.7. The zero-order chi connectivity index (χ0) is 25.4. The molecule has 0 fully saturated rings. The number of carbonyl (C=O) groups is 1. The number of amides is 1. The Kier molecular flexibility index (Phi) is 9.05. The molecule has 35 heavy (non-hydrogen) atoms. The highest BCUT2D eigenvalue weighted by atomic mass is 127. The highest BCUT2D eigenvalue weighted by Gasteiger charge is 2.15. The van der Waals surface area contributed by atoms with Crippen LogP contribution >= 0.6 is 34.2 Å². The summed E-state index contributed by atoms with van der Waals surface area (Å²) in [5.41, 5.74) is 1.54. The van der Waals surface area contributed by atoms with Gasteiger partial charge in [0.25, 0.3) is 11.6 Å². The smallest absolute Gasteiger partial charge is 0.269 e. The molecule has 0 atom stereocenters. The molecule has 3 aromatic carbocycles. The Balaban J connectivity index is 1.85. The van der Waals surface area contributed by atoms with Gasteiger partial charge < -0.3 is 14.8 Å². The number of hydrogen-bond acceptors (Lipinski definition) is 6. The van der Waals surface area contributed by atoms with Crippen molar-refractivity contribution >= 4 is 57.5 Å². The fraction of sp³-hybridized carbons (Fsp3) is 0.120. The van der Waals surface area contributed by atoms with Gasteiger partial charge in [0.05, 0.1) is 15.1 Å². The van der Waals surface area contributed by atoms with E-state index in [9.17, 15) is 20.2 Å². The number of hydrogen-bond donors (Lipinski definition) is 1. The van der Waals surface area contributed by atoms with Crippen molar-refractivity contribution in [3.63, 3.8) is 0 Å². The van der Waals surface area contributed by atoms with Crippen molar-refractivity contribution in [1.29, 1.82) is 5.26 Å². The number of nitro benzene ring substituents is 1. The molecule has 0 aromatic heterocycles. The van der Waals surface area contributed by atoms with Crippen LogP contribution in [0.25, 0.3) is 6.08 Å². The molecule has 0 unspecified atom stereocenters. The number of anilines is 1. The molecule has 178 valence electrons. The van der Waals surface area contributed by atoms with Crippen LogP contribution in [0.2, 0.25) is 5.02 Å². The van der Waals surface area contributed by atoms with Crippen molar-refractivity contribution in [2.45, 2.75) is 13.5 Å². The van der Waals surface area contributed by atoms with Crippen LogP contribution in [0.4, 0.5) is 11.4 Å². The number of nitriles is 1. The molecule has 8 nitrogen and oxygen atoms in total. The van der Waals surface area contributed by atoms with Gasteiger partial charge in [0.1, 0.15) is 18.2 Å². The SMILES string of the molecule is CCOc1cc(/C=C(\C#N)C(=O)Nc2cccc(Cl)c2)cc(I)c1OCc1cccc([N+](=O)[O-])c1. The normalized spacial score (nSPS) is 10.9. The van der Waals surface area contributed by atoms with Gasteiger partial charge in [-0.1, -0.05) is 29.8 Å². The second kappa shape index (κ2) is 12.2. The number of rotatable bonds is 9. The third-order valence-electron chi connectivity index (χ3n) is 4.59. The Morgan fingerprint density at radius 3 is 2.66 bits per heavy atom. The first-order valence-corrected chi connectivity index (χ1v) is 11.8. The standard InChI is InChI=1S/C25H19ClIN3O5/c1-2-34-23-12-17(9-18(14-28)25(31)29-20-7-4-6-19(26)13-20)11-22(27)24(23)35-15-16-5-3-8-21(10-16)30(32)33/h3-13H,2,15H2,1H3,(H,29,31)/b18-9+. The van der Waals surface area contributed by atoms with E-state index in [0.29, 0.717) is 43.5 Å². The van der Waals surface area contributed by atoms with Gasteiger partial charge in [-0.15, -0.1) is 0 Å². The van der Waals surface area contributed by atoms with Crippen LogP contribution < -0.4 is 14.8 Å². The largest absolute Gasteiger partial charge is 0.490 e. The van der Waals surface area contributed by atoms with Crippen molar-refractivity contribution in [1.82, 2.24) is 0 Å². The minimum absolute atomic E-state index is 0.0219. The number of nitro groups is 1. The number of ether oxygens (including phenoxy) is 2. The maximum Gasteiger partial charge on any atom is 0.269 e. The molecule has 1 N–H and O–H groups in total. The van der Waals surface area contributed by atoms with Crippen molar-refractivity contribution in [2.75, 3.05) is 11.9 Å². The molecule has 0 saturated carbocycles. The summed E-state index contributed by atoms with van der Waals surface area (Å²) in [7, 11) is 0. The third kappa shape index (κ3) is 7.18. The van der Waals surface area contributed by atoms with Crippen LogP contribution in [0.1, 0.15) is 18.1 Å². The van der Waals surface area contributed by atoms with Crippen molar-refractivity contribution in [3.8, 4) is 17.6 Å². The van der Waals surface area contributed by atoms with Gasteiger partial charge in [0.15, 0.2) is 11.5 Å². The Hall–Kier alpha value is -3.62. The van der Waals surface area contributed by atoms with Gasteiger partial charge in [0.2, 0.25) is 0 Å². The van der Waals surface area contributed by atoms with Gasteiger partial charge in [-0.2, -0.15) is 5.26 Å². The lowest BCUT2D eigenvalue weighted by Gasteiger charge is -2.15. The summed E-state index contributed by atoms with van der Waals surface area (Å²) < 4.78 is 12.3. The fourth-order valence-corrected chi connectivity index (χ4v) is 4.04. The van der Waals surface area contributed by atoms with Crippen LogP contribution in [-0.2, 0) is 11.4 Å². The summed E-state index contributed by atoms with van der Waals surface area (Å²) in [6.45, 7) is 2.27. The highest BCUT2D eigenvalue weighted by Crippen LogP contribution is 2.35. The van der Waals surface area contributed by atoms with E-state index in [1.807, 2.05) is 13.0 Å². The van der Waals surface area contributed by atoms with Gasteiger partial charge >= 0.3 is 0 Å². The zero-order valence-corrected chi connectivity index (χ0v) is 21.4. The average Bonchev–Trinajstić information content (AvgIpc) is 2.82. The Bertz CT molecular complexity index is 1340. The Morgan fingerprint density at radius 2 is 1.97 bits per heavy atom. The molecule has 0 aliphatic rings. The topological polar surface area (TPSA) is 114 Å².